The van der Waals surface area contributed by atoms with Crippen LogP contribution >= 0.6 is 0 Å². The number of hydrogen-bond acceptors (Lipinski definition) is 2. The van der Waals surface area contributed by atoms with Crippen LogP contribution in [0.4, 0.5) is 5.69 Å². The topological polar surface area (TPSA) is 24.1 Å². The number of anilines is 1. The van der Waals surface area contributed by atoms with Crippen molar-refractivity contribution >= 4 is 5.69 Å². The highest BCUT2D eigenvalue weighted by Crippen LogP contribution is 2.28. The predicted molar refractivity (Wildman–Crippen MR) is 67.9 cm³/mol. The lowest BCUT2D eigenvalue weighted by molar-refractivity contribution is 0.482. The van der Waals surface area contributed by atoms with Crippen molar-refractivity contribution in [2.45, 2.75) is 32.2 Å². The zero-order valence-electron chi connectivity index (χ0n) is 9.92. The van der Waals surface area contributed by atoms with E-state index in [4.69, 9.17) is 0 Å². The van der Waals surface area contributed by atoms with Gasteiger partial charge in [-0.05, 0) is 43.2 Å². The lowest BCUT2D eigenvalue weighted by Gasteiger charge is -2.27. The van der Waals surface area contributed by atoms with Crippen LogP contribution in [0.1, 0.15) is 24.0 Å². The lowest BCUT2D eigenvalue weighted by Crippen LogP contribution is -2.33. The molecular weight excluding hydrogens is 196 g/mol. The van der Waals surface area contributed by atoms with Crippen molar-refractivity contribution < 1.29 is 0 Å². The van der Waals surface area contributed by atoms with Crippen LogP contribution in [0, 0.1) is 12.8 Å². The maximum absolute atomic E-state index is 3.63. The molecular formula is C14H20N2. The van der Waals surface area contributed by atoms with E-state index in [9.17, 15) is 0 Å². The van der Waals surface area contributed by atoms with Crippen molar-refractivity contribution in [3.63, 3.8) is 0 Å². The van der Waals surface area contributed by atoms with Crippen LogP contribution in [0.25, 0.3) is 0 Å². The average molecular weight is 216 g/mol. The summed E-state index contributed by atoms with van der Waals surface area (Å²) in [7, 11) is 0. The number of hydrogen-bond donors (Lipinski definition) is 2. The third-order valence-corrected chi connectivity index (χ3v) is 3.71. The molecule has 1 fully saturated rings. The molecule has 0 bridgehead atoms. The highest BCUT2D eigenvalue weighted by molar-refractivity contribution is 5.58. The fraction of sp³-hybridized carbons (Fsp3) is 0.571. The summed E-state index contributed by atoms with van der Waals surface area (Å²) in [6, 6.07) is 7.46. The van der Waals surface area contributed by atoms with Crippen LogP contribution in [0.2, 0.25) is 0 Å². The normalized spacial score (nSPS) is 23.7. The van der Waals surface area contributed by atoms with Crippen molar-refractivity contribution in [3.05, 3.63) is 29.3 Å². The predicted octanol–water partition coefficient (Wildman–Crippen LogP) is 2.33. The van der Waals surface area contributed by atoms with E-state index in [1.807, 2.05) is 0 Å². The van der Waals surface area contributed by atoms with E-state index in [1.54, 1.807) is 0 Å². The van der Waals surface area contributed by atoms with Gasteiger partial charge < -0.3 is 10.6 Å². The second-order valence-electron chi connectivity index (χ2n) is 5.24. The maximum atomic E-state index is 3.63. The fourth-order valence-corrected chi connectivity index (χ4v) is 2.55. The zero-order valence-corrected chi connectivity index (χ0v) is 9.92. The monoisotopic (exact) mass is 216 g/mol. The van der Waals surface area contributed by atoms with Crippen molar-refractivity contribution in [2.24, 2.45) is 5.92 Å². The summed E-state index contributed by atoms with van der Waals surface area (Å²) in [5.74, 6) is 0.759. The Kier molecular flexibility index (Phi) is 2.60. The largest absolute Gasteiger partial charge is 0.384 e. The minimum atomic E-state index is 0.759. The maximum Gasteiger partial charge on any atom is 0.0402 e. The molecule has 16 heavy (non-hydrogen) atoms. The summed E-state index contributed by atoms with van der Waals surface area (Å²) in [4.78, 5) is 0. The number of rotatable bonds is 3. The summed E-state index contributed by atoms with van der Waals surface area (Å²) >= 11 is 0. The van der Waals surface area contributed by atoms with Gasteiger partial charge in [0, 0.05) is 24.8 Å². The third-order valence-electron chi connectivity index (χ3n) is 3.71. The van der Waals surface area contributed by atoms with E-state index in [-0.39, 0.29) is 0 Å². The van der Waals surface area contributed by atoms with Gasteiger partial charge in [-0.25, -0.2) is 0 Å². The molecule has 1 aromatic rings. The molecule has 1 unspecified atom stereocenters. The van der Waals surface area contributed by atoms with Crippen LogP contribution in [0.3, 0.4) is 0 Å². The van der Waals surface area contributed by atoms with Crippen LogP contribution in [-0.2, 0) is 6.42 Å². The quantitative estimate of drug-likeness (QED) is 0.810. The molecule has 0 amide bonds. The number of nitrogens with one attached hydrogen (secondary N) is 2. The summed E-state index contributed by atoms with van der Waals surface area (Å²) < 4.78 is 0. The number of benzene rings is 1. The van der Waals surface area contributed by atoms with E-state index < -0.39 is 0 Å². The summed E-state index contributed by atoms with van der Waals surface area (Å²) in [5, 5.41) is 7.22. The van der Waals surface area contributed by atoms with Crippen LogP contribution in [0.15, 0.2) is 18.2 Å². The van der Waals surface area contributed by atoms with Gasteiger partial charge in [0.05, 0.1) is 0 Å². The molecule has 0 saturated heterocycles. The first-order valence-electron chi connectivity index (χ1n) is 6.38. The minimum absolute atomic E-state index is 0.759. The van der Waals surface area contributed by atoms with Crippen molar-refractivity contribution in [2.75, 3.05) is 18.4 Å². The summed E-state index contributed by atoms with van der Waals surface area (Å²) in [6.45, 7) is 4.48. The molecule has 86 valence electrons. The molecule has 1 heterocycles. The van der Waals surface area contributed by atoms with E-state index in [2.05, 4.69) is 35.8 Å². The van der Waals surface area contributed by atoms with Gasteiger partial charge in [0.25, 0.3) is 0 Å². The van der Waals surface area contributed by atoms with E-state index in [0.717, 1.165) is 18.5 Å². The van der Waals surface area contributed by atoms with Gasteiger partial charge in [0.15, 0.2) is 0 Å². The molecule has 3 rings (SSSR count). The molecule has 1 atom stereocenters. The fourth-order valence-electron chi connectivity index (χ4n) is 2.55. The Bertz CT molecular complexity index is 382. The molecule has 2 N–H and O–H groups in total. The molecule has 0 radical (unpaired) electrons. The van der Waals surface area contributed by atoms with Gasteiger partial charge in [0.1, 0.15) is 0 Å². The first-order valence-corrected chi connectivity index (χ1v) is 6.38. The molecule has 2 aliphatic rings. The summed E-state index contributed by atoms with van der Waals surface area (Å²) in [6.07, 6.45) is 4.00. The average Bonchev–Trinajstić information content (AvgIpc) is 3.10. The first-order chi connectivity index (χ1) is 7.83. The molecule has 2 heteroatoms. The highest BCUT2D eigenvalue weighted by atomic mass is 15.0. The second kappa shape index (κ2) is 4.10. The Morgan fingerprint density at radius 2 is 2.25 bits per heavy atom. The van der Waals surface area contributed by atoms with Crippen molar-refractivity contribution in [3.8, 4) is 0 Å². The Hall–Kier alpha value is -1.02. The highest BCUT2D eigenvalue weighted by Gasteiger charge is 2.24. The molecule has 1 aliphatic heterocycles. The van der Waals surface area contributed by atoms with E-state index in [0.29, 0.717) is 0 Å². The summed E-state index contributed by atoms with van der Waals surface area (Å²) in [5.41, 5.74) is 4.25. The van der Waals surface area contributed by atoms with Gasteiger partial charge >= 0.3 is 0 Å². The number of para-hydroxylation sites is 1. The lowest BCUT2D eigenvalue weighted by atomic mass is 9.92. The van der Waals surface area contributed by atoms with Crippen LogP contribution in [0.5, 0.6) is 0 Å². The molecule has 1 aliphatic carbocycles. The van der Waals surface area contributed by atoms with Crippen LogP contribution in [-0.4, -0.2) is 19.1 Å². The molecule has 2 nitrogen and oxygen atoms in total. The Morgan fingerprint density at radius 3 is 3.06 bits per heavy atom. The molecule has 1 saturated carbocycles. The van der Waals surface area contributed by atoms with E-state index in [1.165, 1.54) is 42.6 Å². The van der Waals surface area contributed by atoms with Crippen LogP contribution < -0.4 is 10.6 Å². The van der Waals surface area contributed by atoms with Gasteiger partial charge in [-0.3, -0.25) is 0 Å². The molecule has 0 spiro atoms. The first kappa shape index (κ1) is 10.2. The second-order valence-corrected chi connectivity index (χ2v) is 5.24. The Balaban J connectivity index is 1.65. The molecule has 1 aromatic carbocycles. The SMILES string of the molecule is Cc1cccc2c1NCC(CNC1CC1)C2. The van der Waals surface area contributed by atoms with E-state index >= 15 is 0 Å². The van der Waals surface area contributed by atoms with Gasteiger partial charge in [-0.1, -0.05) is 18.2 Å². The van der Waals surface area contributed by atoms with Crippen molar-refractivity contribution in [1.29, 1.82) is 0 Å². The smallest absolute Gasteiger partial charge is 0.0402 e. The number of aryl methyl sites for hydroxylation is 1. The Morgan fingerprint density at radius 1 is 1.38 bits per heavy atom. The third kappa shape index (κ3) is 2.07. The minimum Gasteiger partial charge on any atom is -0.384 e. The van der Waals surface area contributed by atoms with Gasteiger partial charge in [0.2, 0.25) is 0 Å². The molecule has 0 aromatic heterocycles. The Labute approximate surface area is 97.4 Å². The zero-order chi connectivity index (χ0) is 11.0. The number of fused-ring (bicyclic) bond motifs is 1. The van der Waals surface area contributed by atoms with Gasteiger partial charge in [-0.2, -0.15) is 0 Å². The van der Waals surface area contributed by atoms with Gasteiger partial charge in [-0.15, -0.1) is 0 Å². The standard InChI is InChI=1S/C14H20N2/c1-10-3-2-4-12-7-11(9-16-14(10)12)8-15-13-5-6-13/h2-4,11,13,15-16H,5-9H2,1H3. The van der Waals surface area contributed by atoms with Crippen molar-refractivity contribution in [1.82, 2.24) is 5.32 Å².